The minimum Gasteiger partial charge on any atom is -0.487 e. The van der Waals surface area contributed by atoms with Crippen LogP contribution in [0.2, 0.25) is 5.02 Å². The molecular formula is C16H22ClN3O. The molecule has 0 saturated heterocycles. The van der Waals surface area contributed by atoms with E-state index in [0.717, 1.165) is 35.5 Å². The van der Waals surface area contributed by atoms with E-state index < -0.39 is 0 Å². The molecular weight excluding hydrogens is 286 g/mol. The van der Waals surface area contributed by atoms with E-state index in [-0.39, 0.29) is 6.04 Å². The van der Waals surface area contributed by atoms with E-state index in [0.29, 0.717) is 11.6 Å². The lowest BCUT2D eigenvalue weighted by molar-refractivity contribution is 0.295. The topological polar surface area (TPSA) is 53.1 Å². The number of nitrogens with two attached hydrogens (primary N) is 1. The molecule has 0 aliphatic carbocycles. The fourth-order valence-corrected chi connectivity index (χ4v) is 2.52. The van der Waals surface area contributed by atoms with Crippen LogP contribution in [0.1, 0.15) is 43.3 Å². The molecule has 2 rings (SSSR count). The van der Waals surface area contributed by atoms with Gasteiger partial charge < -0.3 is 10.5 Å². The average Bonchev–Trinajstić information content (AvgIpc) is 2.79. The third-order valence-electron chi connectivity index (χ3n) is 3.63. The molecule has 0 bridgehead atoms. The van der Waals surface area contributed by atoms with Crippen LogP contribution in [0.15, 0.2) is 24.3 Å². The molecule has 1 heterocycles. The number of halogens is 1. The van der Waals surface area contributed by atoms with Gasteiger partial charge in [-0.1, -0.05) is 37.6 Å². The van der Waals surface area contributed by atoms with Gasteiger partial charge in [0.05, 0.1) is 16.4 Å². The van der Waals surface area contributed by atoms with Crippen LogP contribution < -0.4 is 10.5 Å². The summed E-state index contributed by atoms with van der Waals surface area (Å²) in [7, 11) is 1.88. The number of aryl methyl sites for hydroxylation is 2. The molecule has 0 spiro atoms. The first-order valence-electron chi connectivity index (χ1n) is 7.25. The Morgan fingerprint density at radius 1 is 1.29 bits per heavy atom. The maximum Gasteiger partial charge on any atom is 0.131 e. The van der Waals surface area contributed by atoms with Crippen molar-refractivity contribution in [2.75, 3.05) is 0 Å². The third kappa shape index (κ3) is 3.57. The normalized spacial score (nSPS) is 12.4. The lowest BCUT2D eigenvalue weighted by Gasteiger charge is -2.11. The molecule has 1 aromatic heterocycles. The number of rotatable bonds is 6. The fraction of sp³-hybridized carbons (Fsp3) is 0.438. The van der Waals surface area contributed by atoms with Crippen molar-refractivity contribution < 1.29 is 4.74 Å². The van der Waals surface area contributed by atoms with E-state index in [4.69, 9.17) is 22.1 Å². The van der Waals surface area contributed by atoms with Gasteiger partial charge in [0, 0.05) is 13.1 Å². The number of hydrogen-bond donors (Lipinski definition) is 1. The largest absolute Gasteiger partial charge is 0.487 e. The van der Waals surface area contributed by atoms with Crippen LogP contribution in [0.3, 0.4) is 0 Å². The first kappa shape index (κ1) is 15.9. The molecule has 0 radical (unpaired) electrons. The smallest absolute Gasteiger partial charge is 0.131 e. The quantitative estimate of drug-likeness (QED) is 0.886. The Bertz CT molecular complexity index is 592. The summed E-state index contributed by atoms with van der Waals surface area (Å²) in [6, 6.07) is 7.97. The molecule has 2 N–H and O–H groups in total. The van der Waals surface area contributed by atoms with E-state index in [2.05, 4.69) is 12.0 Å². The van der Waals surface area contributed by atoms with Crippen LogP contribution in [0.25, 0.3) is 0 Å². The molecule has 0 amide bonds. The van der Waals surface area contributed by atoms with Crippen LogP contribution in [0.5, 0.6) is 5.75 Å². The SMILES string of the molecule is CCc1nn(C)c(COc2ccc([C@H](N)CC)cc2)c1Cl. The van der Waals surface area contributed by atoms with E-state index in [1.165, 1.54) is 0 Å². The third-order valence-corrected chi connectivity index (χ3v) is 4.06. The standard InChI is InChI=1S/C16H22ClN3O/c1-4-13(18)11-6-8-12(9-7-11)21-10-15-16(17)14(5-2)19-20(15)3/h6-9,13H,4-5,10,18H2,1-3H3/t13-/m1/s1. The van der Waals surface area contributed by atoms with Gasteiger partial charge in [-0.2, -0.15) is 5.10 Å². The number of nitrogens with zero attached hydrogens (tertiary/aromatic N) is 2. The minimum absolute atomic E-state index is 0.0812. The summed E-state index contributed by atoms with van der Waals surface area (Å²) in [6.07, 6.45) is 1.74. The van der Waals surface area contributed by atoms with Crippen molar-refractivity contribution in [3.63, 3.8) is 0 Å². The summed E-state index contributed by atoms with van der Waals surface area (Å²) in [4.78, 5) is 0. The maximum absolute atomic E-state index is 6.30. The Labute approximate surface area is 130 Å². The van der Waals surface area contributed by atoms with E-state index in [1.807, 2.05) is 38.2 Å². The highest BCUT2D eigenvalue weighted by molar-refractivity contribution is 6.31. The van der Waals surface area contributed by atoms with Gasteiger partial charge in [0.25, 0.3) is 0 Å². The van der Waals surface area contributed by atoms with E-state index >= 15 is 0 Å². The summed E-state index contributed by atoms with van der Waals surface area (Å²) in [6.45, 7) is 4.51. The van der Waals surface area contributed by atoms with Crippen molar-refractivity contribution >= 4 is 11.6 Å². The highest BCUT2D eigenvalue weighted by atomic mass is 35.5. The van der Waals surface area contributed by atoms with Gasteiger partial charge in [-0.3, -0.25) is 4.68 Å². The minimum atomic E-state index is 0.0812. The van der Waals surface area contributed by atoms with Crippen LogP contribution >= 0.6 is 11.6 Å². The number of aromatic nitrogens is 2. The average molecular weight is 308 g/mol. The highest BCUT2D eigenvalue weighted by Crippen LogP contribution is 2.23. The number of ether oxygens (including phenoxy) is 1. The van der Waals surface area contributed by atoms with Crippen LogP contribution in [0, 0.1) is 0 Å². The molecule has 0 saturated carbocycles. The van der Waals surface area contributed by atoms with Crippen LogP contribution in [-0.2, 0) is 20.1 Å². The Morgan fingerprint density at radius 3 is 2.48 bits per heavy atom. The summed E-state index contributed by atoms with van der Waals surface area (Å²) in [5.41, 5.74) is 8.92. The molecule has 0 aliphatic rings. The molecule has 1 aromatic carbocycles. The number of benzene rings is 1. The van der Waals surface area contributed by atoms with Crippen LogP contribution in [0.4, 0.5) is 0 Å². The Kier molecular flexibility index (Phi) is 5.26. The number of hydrogen-bond acceptors (Lipinski definition) is 3. The first-order chi connectivity index (χ1) is 10.1. The van der Waals surface area contributed by atoms with Crippen molar-refractivity contribution in [2.24, 2.45) is 12.8 Å². The second-order valence-corrected chi connectivity index (χ2v) is 5.43. The lowest BCUT2D eigenvalue weighted by Crippen LogP contribution is -2.08. The Hall–Kier alpha value is -1.52. The second-order valence-electron chi connectivity index (χ2n) is 5.06. The van der Waals surface area contributed by atoms with Crippen molar-refractivity contribution in [1.29, 1.82) is 0 Å². The predicted octanol–water partition coefficient (Wildman–Crippen LogP) is 3.62. The van der Waals surface area contributed by atoms with Crippen molar-refractivity contribution in [3.8, 4) is 5.75 Å². The molecule has 0 aliphatic heterocycles. The lowest BCUT2D eigenvalue weighted by atomic mass is 10.1. The fourth-order valence-electron chi connectivity index (χ4n) is 2.18. The molecule has 5 heteroatoms. The zero-order chi connectivity index (χ0) is 15.4. The predicted molar refractivity (Wildman–Crippen MR) is 85.6 cm³/mol. The zero-order valence-corrected chi connectivity index (χ0v) is 13.5. The van der Waals surface area contributed by atoms with Gasteiger partial charge in [-0.25, -0.2) is 0 Å². The Balaban J connectivity index is 2.05. The molecule has 0 unspecified atom stereocenters. The summed E-state index contributed by atoms with van der Waals surface area (Å²) < 4.78 is 7.57. The van der Waals surface area contributed by atoms with Crippen molar-refractivity contribution in [2.45, 2.75) is 39.3 Å². The second kappa shape index (κ2) is 6.96. The van der Waals surface area contributed by atoms with Crippen molar-refractivity contribution in [3.05, 3.63) is 46.2 Å². The molecule has 4 nitrogen and oxygen atoms in total. The first-order valence-corrected chi connectivity index (χ1v) is 7.63. The van der Waals surface area contributed by atoms with Crippen LogP contribution in [-0.4, -0.2) is 9.78 Å². The van der Waals surface area contributed by atoms with Crippen molar-refractivity contribution in [1.82, 2.24) is 9.78 Å². The van der Waals surface area contributed by atoms with Gasteiger partial charge in [-0.05, 0) is 30.5 Å². The Morgan fingerprint density at radius 2 is 1.95 bits per heavy atom. The van der Waals surface area contributed by atoms with Gasteiger partial charge >= 0.3 is 0 Å². The molecule has 114 valence electrons. The molecule has 2 aromatic rings. The van der Waals surface area contributed by atoms with E-state index in [1.54, 1.807) is 4.68 Å². The maximum atomic E-state index is 6.30. The monoisotopic (exact) mass is 307 g/mol. The summed E-state index contributed by atoms with van der Waals surface area (Å²) >= 11 is 6.30. The van der Waals surface area contributed by atoms with Gasteiger partial charge in [0.15, 0.2) is 0 Å². The van der Waals surface area contributed by atoms with Gasteiger partial charge in [0.2, 0.25) is 0 Å². The summed E-state index contributed by atoms with van der Waals surface area (Å²) in [5.74, 6) is 0.803. The zero-order valence-electron chi connectivity index (χ0n) is 12.8. The van der Waals surface area contributed by atoms with Gasteiger partial charge in [0.1, 0.15) is 12.4 Å². The van der Waals surface area contributed by atoms with E-state index in [9.17, 15) is 0 Å². The molecule has 21 heavy (non-hydrogen) atoms. The molecule has 1 atom stereocenters. The molecule has 0 fully saturated rings. The highest BCUT2D eigenvalue weighted by Gasteiger charge is 2.13. The summed E-state index contributed by atoms with van der Waals surface area (Å²) in [5, 5.41) is 5.08. The van der Waals surface area contributed by atoms with Gasteiger partial charge in [-0.15, -0.1) is 0 Å².